The molecule has 4 nitrogen and oxygen atoms in total. The Labute approximate surface area is 144 Å². The van der Waals surface area contributed by atoms with Gasteiger partial charge in [0.25, 0.3) is 0 Å². The van der Waals surface area contributed by atoms with Gasteiger partial charge in [0.15, 0.2) is 5.78 Å². The molecule has 0 amide bonds. The Bertz CT molecular complexity index is 628. The lowest BCUT2D eigenvalue weighted by Gasteiger charge is -2.13. The maximum absolute atomic E-state index is 12.0. The van der Waals surface area contributed by atoms with Crippen molar-refractivity contribution in [3.63, 3.8) is 0 Å². The summed E-state index contributed by atoms with van der Waals surface area (Å²) < 4.78 is 16.4. The standard InChI is InChI=1S/C18H19BrO4/c1-21-9-10-22-15-7-8-16(17(20)12-19)18(11-15)23-13-14-5-3-2-4-6-14/h2-8,11H,9-10,12-13H2,1H3. The molecule has 0 atom stereocenters. The van der Waals surface area contributed by atoms with Gasteiger partial charge in [-0.05, 0) is 17.7 Å². The minimum atomic E-state index is -0.0310. The molecule has 0 unspecified atom stereocenters. The van der Waals surface area contributed by atoms with Crippen molar-refractivity contribution in [2.45, 2.75) is 6.61 Å². The van der Waals surface area contributed by atoms with Gasteiger partial charge in [0, 0.05) is 13.2 Å². The number of carbonyl (C=O) groups is 1. The number of ether oxygens (including phenoxy) is 3. The van der Waals surface area contributed by atoms with E-state index in [1.807, 2.05) is 30.3 Å². The first kappa shape index (κ1) is 17.5. The Morgan fingerprint density at radius 3 is 2.52 bits per heavy atom. The summed E-state index contributed by atoms with van der Waals surface area (Å²) in [6, 6.07) is 15.0. The van der Waals surface area contributed by atoms with Gasteiger partial charge in [-0.1, -0.05) is 46.3 Å². The van der Waals surface area contributed by atoms with Crippen molar-refractivity contribution in [2.75, 3.05) is 25.7 Å². The number of methoxy groups -OCH3 is 1. The highest BCUT2D eigenvalue weighted by Gasteiger charge is 2.13. The van der Waals surface area contributed by atoms with Gasteiger partial charge in [0.05, 0.1) is 17.5 Å². The monoisotopic (exact) mass is 378 g/mol. The van der Waals surface area contributed by atoms with Crippen LogP contribution in [0.5, 0.6) is 11.5 Å². The summed E-state index contributed by atoms with van der Waals surface area (Å²) >= 11 is 3.20. The number of hydrogen-bond donors (Lipinski definition) is 0. The van der Waals surface area contributed by atoms with Gasteiger partial charge in [-0.25, -0.2) is 0 Å². The fourth-order valence-electron chi connectivity index (χ4n) is 1.99. The SMILES string of the molecule is COCCOc1ccc(C(=O)CBr)c(OCc2ccccc2)c1. The molecular weight excluding hydrogens is 360 g/mol. The first-order chi connectivity index (χ1) is 11.2. The van der Waals surface area contributed by atoms with Crippen molar-refractivity contribution in [1.29, 1.82) is 0 Å². The summed E-state index contributed by atoms with van der Waals surface area (Å²) in [7, 11) is 1.62. The topological polar surface area (TPSA) is 44.8 Å². The summed E-state index contributed by atoms with van der Waals surface area (Å²) in [5, 5.41) is 0.249. The molecule has 23 heavy (non-hydrogen) atoms. The molecule has 0 saturated heterocycles. The van der Waals surface area contributed by atoms with Crippen LogP contribution in [0.25, 0.3) is 0 Å². The summed E-state index contributed by atoms with van der Waals surface area (Å²) in [4.78, 5) is 12.0. The Kier molecular flexibility index (Phi) is 7.10. The van der Waals surface area contributed by atoms with Crippen LogP contribution in [0.2, 0.25) is 0 Å². The molecular formula is C18H19BrO4. The average molecular weight is 379 g/mol. The molecule has 0 saturated carbocycles. The number of halogens is 1. The molecule has 0 bridgehead atoms. The van der Waals surface area contributed by atoms with Gasteiger partial charge in [-0.3, -0.25) is 4.79 Å². The van der Waals surface area contributed by atoms with Crippen LogP contribution in [-0.2, 0) is 11.3 Å². The maximum atomic E-state index is 12.0. The van der Waals surface area contributed by atoms with E-state index >= 15 is 0 Å². The third-order valence-corrected chi connectivity index (χ3v) is 3.68. The first-order valence-corrected chi connectivity index (χ1v) is 8.38. The van der Waals surface area contributed by atoms with E-state index in [-0.39, 0.29) is 11.1 Å². The van der Waals surface area contributed by atoms with Crippen molar-refractivity contribution < 1.29 is 19.0 Å². The Balaban J connectivity index is 2.14. The molecule has 0 fully saturated rings. The number of Topliss-reactive ketones (excluding diaryl/α,β-unsaturated/α-hetero) is 1. The van der Waals surface area contributed by atoms with E-state index in [0.29, 0.717) is 36.9 Å². The van der Waals surface area contributed by atoms with E-state index in [0.717, 1.165) is 5.56 Å². The van der Waals surface area contributed by atoms with Crippen molar-refractivity contribution in [2.24, 2.45) is 0 Å². The molecule has 0 aliphatic rings. The first-order valence-electron chi connectivity index (χ1n) is 7.26. The quantitative estimate of drug-likeness (QED) is 0.377. The molecule has 0 spiro atoms. The highest BCUT2D eigenvalue weighted by molar-refractivity contribution is 9.09. The van der Waals surface area contributed by atoms with Gasteiger partial charge < -0.3 is 14.2 Å². The number of ketones is 1. The second-order valence-electron chi connectivity index (χ2n) is 4.83. The smallest absolute Gasteiger partial charge is 0.177 e. The molecule has 0 aliphatic carbocycles. The van der Waals surface area contributed by atoms with Crippen LogP contribution < -0.4 is 9.47 Å². The van der Waals surface area contributed by atoms with E-state index in [1.54, 1.807) is 25.3 Å². The van der Waals surface area contributed by atoms with Gasteiger partial charge in [-0.15, -0.1) is 0 Å². The minimum absolute atomic E-state index is 0.0310. The fourth-order valence-corrected chi connectivity index (χ4v) is 2.29. The molecule has 122 valence electrons. The van der Waals surface area contributed by atoms with Crippen LogP contribution in [0.1, 0.15) is 15.9 Å². The molecule has 0 aromatic heterocycles. The van der Waals surface area contributed by atoms with Gasteiger partial charge in [0.2, 0.25) is 0 Å². The highest BCUT2D eigenvalue weighted by Crippen LogP contribution is 2.27. The fraction of sp³-hybridized carbons (Fsp3) is 0.278. The van der Waals surface area contributed by atoms with Crippen LogP contribution in [-0.4, -0.2) is 31.4 Å². The third-order valence-electron chi connectivity index (χ3n) is 3.17. The van der Waals surface area contributed by atoms with Crippen LogP contribution in [0.4, 0.5) is 0 Å². The molecule has 2 aromatic carbocycles. The normalized spacial score (nSPS) is 10.3. The zero-order valence-electron chi connectivity index (χ0n) is 13.0. The minimum Gasteiger partial charge on any atom is -0.491 e. The molecule has 0 heterocycles. The lowest BCUT2D eigenvalue weighted by atomic mass is 10.1. The summed E-state index contributed by atoms with van der Waals surface area (Å²) in [6.07, 6.45) is 0. The Hall–Kier alpha value is -1.85. The number of benzene rings is 2. The van der Waals surface area contributed by atoms with Gasteiger partial charge in [-0.2, -0.15) is 0 Å². The highest BCUT2D eigenvalue weighted by atomic mass is 79.9. The largest absolute Gasteiger partial charge is 0.491 e. The maximum Gasteiger partial charge on any atom is 0.177 e. The predicted molar refractivity (Wildman–Crippen MR) is 92.7 cm³/mol. The van der Waals surface area contributed by atoms with E-state index in [4.69, 9.17) is 14.2 Å². The predicted octanol–water partition coefficient (Wildman–Crippen LogP) is 3.87. The second-order valence-corrected chi connectivity index (χ2v) is 5.39. The lowest BCUT2D eigenvalue weighted by molar-refractivity contribution is 0.101. The Morgan fingerprint density at radius 1 is 1.04 bits per heavy atom. The van der Waals surface area contributed by atoms with Crippen LogP contribution in [0.15, 0.2) is 48.5 Å². The van der Waals surface area contributed by atoms with E-state index in [1.165, 1.54) is 0 Å². The molecule has 2 aromatic rings. The summed E-state index contributed by atoms with van der Waals surface area (Å²) in [5.41, 5.74) is 1.58. The van der Waals surface area contributed by atoms with Gasteiger partial charge >= 0.3 is 0 Å². The van der Waals surface area contributed by atoms with Gasteiger partial charge in [0.1, 0.15) is 24.7 Å². The van der Waals surface area contributed by atoms with Crippen LogP contribution >= 0.6 is 15.9 Å². The third kappa shape index (κ3) is 5.37. The van der Waals surface area contributed by atoms with E-state index in [2.05, 4.69) is 15.9 Å². The Morgan fingerprint density at radius 2 is 1.83 bits per heavy atom. The number of alkyl halides is 1. The van der Waals surface area contributed by atoms with Crippen molar-refractivity contribution in [1.82, 2.24) is 0 Å². The lowest BCUT2D eigenvalue weighted by Crippen LogP contribution is -2.07. The zero-order chi connectivity index (χ0) is 16.5. The molecule has 2 rings (SSSR count). The molecule has 0 radical (unpaired) electrons. The number of carbonyl (C=O) groups excluding carboxylic acids is 1. The number of rotatable bonds is 9. The zero-order valence-corrected chi connectivity index (χ0v) is 14.5. The average Bonchev–Trinajstić information content (AvgIpc) is 2.60. The van der Waals surface area contributed by atoms with Crippen molar-refractivity contribution in [3.8, 4) is 11.5 Å². The van der Waals surface area contributed by atoms with Crippen LogP contribution in [0, 0.1) is 0 Å². The molecule has 5 heteroatoms. The van der Waals surface area contributed by atoms with E-state index in [9.17, 15) is 4.79 Å². The molecule has 0 N–H and O–H groups in total. The van der Waals surface area contributed by atoms with Crippen molar-refractivity contribution >= 4 is 21.7 Å². The van der Waals surface area contributed by atoms with E-state index < -0.39 is 0 Å². The van der Waals surface area contributed by atoms with Crippen LogP contribution in [0.3, 0.4) is 0 Å². The summed E-state index contributed by atoms with van der Waals surface area (Å²) in [5.74, 6) is 1.14. The van der Waals surface area contributed by atoms with Crippen molar-refractivity contribution in [3.05, 3.63) is 59.7 Å². The summed E-state index contributed by atoms with van der Waals surface area (Å²) in [6.45, 7) is 1.34. The molecule has 0 aliphatic heterocycles. The second kappa shape index (κ2) is 9.33. The number of hydrogen-bond acceptors (Lipinski definition) is 4.